The lowest BCUT2D eigenvalue weighted by atomic mass is 9.95. The summed E-state index contributed by atoms with van der Waals surface area (Å²) in [6.07, 6.45) is 5.67. The highest BCUT2D eigenvalue weighted by atomic mass is 16.5. The van der Waals surface area contributed by atoms with Crippen molar-refractivity contribution in [2.75, 3.05) is 6.61 Å². The number of nitrogens with one attached hydrogen (secondary N) is 1. The van der Waals surface area contributed by atoms with Crippen LogP contribution in [-0.2, 0) is 4.79 Å². The van der Waals surface area contributed by atoms with Gasteiger partial charge in [-0.2, -0.15) is 0 Å². The highest BCUT2D eigenvalue weighted by molar-refractivity contribution is 5.87. The molecule has 2 rings (SSSR count). The first-order valence-corrected chi connectivity index (χ1v) is 6.90. The Morgan fingerprint density at radius 3 is 2.40 bits per heavy atom. The normalized spacial score (nSPS) is 15.6. The summed E-state index contributed by atoms with van der Waals surface area (Å²) in [5.41, 5.74) is 0.198. The molecule has 0 saturated heterocycles. The largest absolute Gasteiger partial charge is 0.484 e. The summed E-state index contributed by atoms with van der Waals surface area (Å²) in [5, 5.41) is 11.7. The van der Waals surface area contributed by atoms with Crippen LogP contribution in [0.5, 0.6) is 5.75 Å². The van der Waals surface area contributed by atoms with E-state index in [-0.39, 0.29) is 24.1 Å². The molecule has 1 aromatic rings. The molecule has 1 amide bonds. The number of carboxylic acids is 1. The van der Waals surface area contributed by atoms with Gasteiger partial charge >= 0.3 is 5.97 Å². The van der Waals surface area contributed by atoms with Crippen LogP contribution in [0.1, 0.15) is 42.5 Å². The second kappa shape index (κ2) is 6.93. The van der Waals surface area contributed by atoms with E-state index in [1.54, 1.807) is 12.1 Å². The van der Waals surface area contributed by atoms with E-state index in [4.69, 9.17) is 9.84 Å². The molecular weight excluding hydrogens is 258 g/mol. The molecule has 1 aliphatic rings. The molecule has 0 spiro atoms. The molecule has 20 heavy (non-hydrogen) atoms. The fourth-order valence-corrected chi connectivity index (χ4v) is 2.36. The Morgan fingerprint density at radius 1 is 1.15 bits per heavy atom. The average molecular weight is 277 g/mol. The quantitative estimate of drug-likeness (QED) is 0.865. The molecule has 0 heterocycles. The van der Waals surface area contributed by atoms with Crippen LogP contribution in [0.15, 0.2) is 24.3 Å². The minimum absolute atomic E-state index is 0.0388. The number of rotatable bonds is 5. The minimum atomic E-state index is -0.980. The van der Waals surface area contributed by atoms with E-state index in [9.17, 15) is 9.59 Å². The number of hydrogen-bond donors (Lipinski definition) is 2. The van der Waals surface area contributed by atoms with Crippen molar-refractivity contribution in [3.63, 3.8) is 0 Å². The van der Waals surface area contributed by atoms with Crippen molar-refractivity contribution in [3.05, 3.63) is 29.8 Å². The molecule has 1 saturated carbocycles. The molecule has 0 aromatic heterocycles. The van der Waals surface area contributed by atoms with Crippen LogP contribution in [-0.4, -0.2) is 29.6 Å². The van der Waals surface area contributed by atoms with Gasteiger partial charge in [0.05, 0.1) is 5.56 Å². The van der Waals surface area contributed by atoms with Gasteiger partial charge in [-0.3, -0.25) is 4.79 Å². The number of benzene rings is 1. The van der Waals surface area contributed by atoms with Gasteiger partial charge in [0, 0.05) is 6.04 Å². The first kappa shape index (κ1) is 14.4. The van der Waals surface area contributed by atoms with E-state index >= 15 is 0 Å². The predicted octanol–water partition coefficient (Wildman–Crippen LogP) is 2.21. The zero-order valence-corrected chi connectivity index (χ0v) is 11.3. The lowest BCUT2D eigenvalue weighted by Crippen LogP contribution is -2.38. The van der Waals surface area contributed by atoms with Crippen molar-refractivity contribution in [3.8, 4) is 5.75 Å². The summed E-state index contributed by atoms with van der Waals surface area (Å²) >= 11 is 0. The highest BCUT2D eigenvalue weighted by Gasteiger charge is 2.15. The van der Waals surface area contributed by atoms with Crippen molar-refractivity contribution < 1.29 is 19.4 Å². The van der Waals surface area contributed by atoms with Gasteiger partial charge < -0.3 is 15.2 Å². The number of ether oxygens (including phenoxy) is 1. The standard InChI is InChI=1S/C15H19NO4/c17-14(16-12-4-2-1-3-5-12)10-20-13-8-6-11(7-9-13)15(18)19/h6-9,12H,1-5,10H2,(H,16,17)(H,18,19). The molecule has 1 fully saturated rings. The number of aromatic carboxylic acids is 1. The van der Waals surface area contributed by atoms with E-state index < -0.39 is 5.97 Å². The Labute approximate surface area is 117 Å². The molecule has 1 aliphatic carbocycles. The average Bonchev–Trinajstić information content (AvgIpc) is 2.46. The summed E-state index contributed by atoms with van der Waals surface area (Å²) < 4.78 is 5.34. The number of amides is 1. The monoisotopic (exact) mass is 277 g/mol. The molecule has 0 bridgehead atoms. The highest BCUT2D eigenvalue weighted by Crippen LogP contribution is 2.17. The van der Waals surface area contributed by atoms with Gasteiger partial charge in [-0.25, -0.2) is 4.79 Å². The summed E-state index contributed by atoms with van der Waals surface area (Å²) in [6.45, 7) is -0.0388. The van der Waals surface area contributed by atoms with E-state index in [1.807, 2.05) is 0 Å². The van der Waals surface area contributed by atoms with Crippen LogP contribution in [0.4, 0.5) is 0 Å². The van der Waals surface area contributed by atoms with Crippen molar-refractivity contribution in [1.82, 2.24) is 5.32 Å². The van der Waals surface area contributed by atoms with E-state index in [0.717, 1.165) is 12.8 Å². The second-order valence-corrected chi connectivity index (χ2v) is 5.02. The van der Waals surface area contributed by atoms with Gasteiger partial charge in [0.25, 0.3) is 5.91 Å². The summed E-state index contributed by atoms with van der Waals surface area (Å²) in [7, 11) is 0. The van der Waals surface area contributed by atoms with Gasteiger partial charge in [-0.05, 0) is 37.1 Å². The van der Waals surface area contributed by atoms with Crippen LogP contribution >= 0.6 is 0 Å². The fourth-order valence-electron chi connectivity index (χ4n) is 2.36. The van der Waals surface area contributed by atoms with E-state index in [1.165, 1.54) is 31.4 Å². The molecule has 0 atom stereocenters. The zero-order valence-electron chi connectivity index (χ0n) is 11.3. The van der Waals surface area contributed by atoms with Crippen molar-refractivity contribution in [2.24, 2.45) is 0 Å². The van der Waals surface area contributed by atoms with Crippen LogP contribution in [0.3, 0.4) is 0 Å². The smallest absolute Gasteiger partial charge is 0.335 e. The lowest BCUT2D eigenvalue weighted by molar-refractivity contribution is -0.124. The van der Waals surface area contributed by atoms with Gasteiger partial charge in [0.2, 0.25) is 0 Å². The Bertz CT molecular complexity index is 463. The Kier molecular flexibility index (Phi) is 4.98. The Morgan fingerprint density at radius 2 is 1.80 bits per heavy atom. The van der Waals surface area contributed by atoms with Gasteiger partial charge in [0.1, 0.15) is 5.75 Å². The van der Waals surface area contributed by atoms with Crippen LogP contribution in [0, 0.1) is 0 Å². The van der Waals surface area contributed by atoms with Gasteiger partial charge in [0.15, 0.2) is 6.61 Å². The maximum atomic E-state index is 11.7. The Balaban J connectivity index is 1.76. The lowest BCUT2D eigenvalue weighted by Gasteiger charge is -2.22. The number of carbonyl (C=O) groups is 2. The predicted molar refractivity (Wildman–Crippen MR) is 73.9 cm³/mol. The third kappa shape index (κ3) is 4.26. The number of carboxylic acid groups (broad SMARTS) is 1. The second-order valence-electron chi connectivity index (χ2n) is 5.02. The third-order valence-electron chi connectivity index (χ3n) is 3.44. The summed E-state index contributed by atoms with van der Waals surface area (Å²) in [5.74, 6) is -0.611. The Hall–Kier alpha value is -2.04. The van der Waals surface area contributed by atoms with Gasteiger partial charge in [-0.15, -0.1) is 0 Å². The first-order chi connectivity index (χ1) is 9.65. The maximum Gasteiger partial charge on any atom is 0.335 e. The fraction of sp³-hybridized carbons (Fsp3) is 0.467. The molecule has 0 radical (unpaired) electrons. The molecular formula is C15H19NO4. The van der Waals surface area contributed by atoms with E-state index in [0.29, 0.717) is 5.75 Å². The SMILES string of the molecule is O=C(COc1ccc(C(=O)O)cc1)NC1CCCCC1. The summed E-state index contributed by atoms with van der Waals surface area (Å²) in [6, 6.07) is 6.29. The number of hydrogen-bond acceptors (Lipinski definition) is 3. The van der Waals surface area contributed by atoms with Crippen LogP contribution < -0.4 is 10.1 Å². The molecule has 5 nitrogen and oxygen atoms in total. The number of carbonyl (C=O) groups excluding carboxylic acids is 1. The van der Waals surface area contributed by atoms with E-state index in [2.05, 4.69) is 5.32 Å². The molecule has 5 heteroatoms. The molecule has 0 aliphatic heterocycles. The minimum Gasteiger partial charge on any atom is -0.484 e. The van der Waals surface area contributed by atoms with Crippen molar-refractivity contribution in [2.45, 2.75) is 38.1 Å². The summed E-state index contributed by atoms with van der Waals surface area (Å²) in [4.78, 5) is 22.4. The van der Waals surface area contributed by atoms with Crippen molar-refractivity contribution >= 4 is 11.9 Å². The van der Waals surface area contributed by atoms with Crippen LogP contribution in [0.2, 0.25) is 0 Å². The first-order valence-electron chi connectivity index (χ1n) is 6.90. The molecule has 0 unspecified atom stereocenters. The molecule has 108 valence electrons. The molecule has 2 N–H and O–H groups in total. The van der Waals surface area contributed by atoms with Crippen molar-refractivity contribution in [1.29, 1.82) is 0 Å². The topological polar surface area (TPSA) is 75.6 Å². The zero-order chi connectivity index (χ0) is 14.4. The van der Waals surface area contributed by atoms with Gasteiger partial charge in [-0.1, -0.05) is 19.3 Å². The maximum absolute atomic E-state index is 11.7. The van der Waals surface area contributed by atoms with Crippen LogP contribution in [0.25, 0.3) is 0 Å². The molecule has 1 aromatic carbocycles. The third-order valence-corrected chi connectivity index (χ3v) is 3.44.